The van der Waals surface area contributed by atoms with Crippen molar-refractivity contribution in [1.29, 1.82) is 0 Å². The maximum absolute atomic E-state index is 12.3. The fourth-order valence-electron chi connectivity index (χ4n) is 2.25. The van der Waals surface area contributed by atoms with Gasteiger partial charge in [0.25, 0.3) is 0 Å². The van der Waals surface area contributed by atoms with Gasteiger partial charge in [-0.25, -0.2) is 13.1 Å². The average molecular weight is 377 g/mol. The zero-order chi connectivity index (χ0) is 15.5. The molecule has 2 rings (SSSR count). The molecule has 1 aliphatic heterocycles. The lowest BCUT2D eigenvalue weighted by Crippen LogP contribution is -2.49. The van der Waals surface area contributed by atoms with Crippen molar-refractivity contribution >= 4 is 31.9 Å². The number of hydrogen-bond donors (Lipinski definition) is 2. The van der Waals surface area contributed by atoms with Crippen molar-refractivity contribution in [1.82, 2.24) is 4.72 Å². The van der Waals surface area contributed by atoms with Gasteiger partial charge in [0.15, 0.2) is 0 Å². The van der Waals surface area contributed by atoms with Gasteiger partial charge >= 0.3 is 0 Å². The zero-order valence-corrected chi connectivity index (χ0v) is 13.7. The largest absolute Gasteiger partial charge is 0.381 e. The van der Waals surface area contributed by atoms with Gasteiger partial charge in [0, 0.05) is 24.2 Å². The highest BCUT2D eigenvalue weighted by molar-refractivity contribution is 9.10. The van der Waals surface area contributed by atoms with Crippen molar-refractivity contribution in [2.45, 2.75) is 17.7 Å². The second-order valence-electron chi connectivity index (χ2n) is 5.01. The van der Waals surface area contributed by atoms with Crippen LogP contribution in [0.1, 0.15) is 12.8 Å². The minimum Gasteiger partial charge on any atom is -0.381 e. The summed E-state index contributed by atoms with van der Waals surface area (Å²) in [5, 5.41) is 0. The molecule has 1 fully saturated rings. The molecule has 0 saturated carbocycles. The van der Waals surface area contributed by atoms with E-state index in [1.165, 1.54) is 6.07 Å². The Kier molecular flexibility index (Phi) is 5.03. The number of primary amides is 1. The van der Waals surface area contributed by atoms with Crippen LogP contribution in [0.25, 0.3) is 0 Å². The number of halogens is 1. The number of hydrogen-bond acceptors (Lipinski definition) is 4. The first-order valence-corrected chi connectivity index (χ1v) is 8.77. The summed E-state index contributed by atoms with van der Waals surface area (Å²) in [5.74, 6) is -0.499. The third-order valence-electron chi connectivity index (χ3n) is 3.70. The average Bonchev–Trinajstić information content (AvgIpc) is 2.46. The van der Waals surface area contributed by atoms with Crippen molar-refractivity contribution in [3.05, 3.63) is 28.7 Å². The van der Waals surface area contributed by atoms with Crippen LogP contribution in [0.4, 0.5) is 0 Å². The van der Waals surface area contributed by atoms with Gasteiger partial charge in [0.05, 0.1) is 10.3 Å². The van der Waals surface area contributed by atoms with Gasteiger partial charge < -0.3 is 10.5 Å². The first kappa shape index (κ1) is 16.4. The van der Waals surface area contributed by atoms with Gasteiger partial charge in [-0.05, 0) is 40.9 Å². The molecule has 6 nitrogen and oxygen atoms in total. The van der Waals surface area contributed by atoms with E-state index < -0.39 is 21.3 Å². The molecule has 1 aromatic rings. The van der Waals surface area contributed by atoms with E-state index in [-0.39, 0.29) is 11.4 Å². The lowest BCUT2D eigenvalue weighted by atomic mass is 9.80. The Morgan fingerprint density at radius 1 is 1.33 bits per heavy atom. The normalized spacial score (nSPS) is 18.3. The Hall–Kier alpha value is -0.960. The van der Waals surface area contributed by atoms with Gasteiger partial charge in [-0.15, -0.1) is 0 Å². The van der Waals surface area contributed by atoms with E-state index in [0.29, 0.717) is 30.5 Å². The van der Waals surface area contributed by atoms with Crippen LogP contribution in [-0.2, 0) is 19.6 Å². The molecular weight excluding hydrogens is 360 g/mol. The van der Waals surface area contributed by atoms with Crippen molar-refractivity contribution in [3.63, 3.8) is 0 Å². The molecule has 3 N–H and O–H groups in total. The van der Waals surface area contributed by atoms with Crippen LogP contribution in [0, 0.1) is 5.41 Å². The maximum atomic E-state index is 12.3. The highest BCUT2D eigenvalue weighted by Crippen LogP contribution is 2.30. The van der Waals surface area contributed by atoms with Gasteiger partial charge in [-0.3, -0.25) is 4.79 Å². The molecule has 0 aromatic heterocycles. The number of carbonyl (C=O) groups excluding carboxylic acids is 1. The molecular formula is C13H17BrN2O4S. The first-order valence-electron chi connectivity index (χ1n) is 6.49. The number of sulfonamides is 1. The molecule has 1 aromatic carbocycles. The van der Waals surface area contributed by atoms with E-state index in [1.807, 2.05) is 0 Å². The van der Waals surface area contributed by atoms with Gasteiger partial charge in [0.1, 0.15) is 0 Å². The van der Waals surface area contributed by atoms with E-state index in [1.54, 1.807) is 18.2 Å². The van der Waals surface area contributed by atoms with Gasteiger partial charge in [-0.1, -0.05) is 12.1 Å². The van der Waals surface area contributed by atoms with E-state index in [4.69, 9.17) is 10.5 Å². The van der Waals surface area contributed by atoms with E-state index in [9.17, 15) is 13.2 Å². The second-order valence-corrected chi connectivity index (χ2v) is 7.60. The summed E-state index contributed by atoms with van der Waals surface area (Å²) in [7, 11) is -3.71. The maximum Gasteiger partial charge on any atom is 0.241 e. The Bertz CT molecular complexity index is 627. The molecule has 0 radical (unpaired) electrons. The van der Waals surface area contributed by atoms with E-state index in [0.717, 1.165) is 0 Å². The first-order chi connectivity index (χ1) is 9.87. The number of rotatable bonds is 5. The standard InChI is InChI=1S/C13H17BrN2O4S/c14-10-3-1-2-4-11(10)21(18,19)16-9-13(12(15)17)5-7-20-8-6-13/h1-4,16H,5-9H2,(H2,15,17). The highest BCUT2D eigenvalue weighted by Gasteiger charge is 2.39. The molecule has 1 saturated heterocycles. The molecule has 0 bridgehead atoms. The van der Waals surface area contributed by atoms with Crippen LogP contribution in [0.2, 0.25) is 0 Å². The Labute approximate surface area is 132 Å². The Morgan fingerprint density at radius 2 is 1.95 bits per heavy atom. The molecule has 0 spiro atoms. The lowest BCUT2D eigenvalue weighted by molar-refractivity contribution is -0.132. The van der Waals surface area contributed by atoms with Crippen LogP contribution in [0.5, 0.6) is 0 Å². The summed E-state index contributed by atoms with van der Waals surface area (Å²) in [6, 6.07) is 6.50. The summed E-state index contributed by atoms with van der Waals surface area (Å²) < 4.78 is 32.9. The number of nitrogens with two attached hydrogens (primary N) is 1. The second kappa shape index (κ2) is 6.43. The third kappa shape index (κ3) is 3.63. The minimum atomic E-state index is -3.71. The number of ether oxygens (including phenoxy) is 1. The van der Waals surface area contributed by atoms with E-state index >= 15 is 0 Å². The highest BCUT2D eigenvalue weighted by atomic mass is 79.9. The zero-order valence-electron chi connectivity index (χ0n) is 11.3. The summed E-state index contributed by atoms with van der Waals surface area (Å²) in [4.78, 5) is 11.9. The quantitative estimate of drug-likeness (QED) is 0.800. The third-order valence-corrected chi connectivity index (χ3v) is 6.11. The fraction of sp³-hybridized carbons (Fsp3) is 0.462. The van der Waals surface area contributed by atoms with Crippen LogP contribution >= 0.6 is 15.9 Å². The van der Waals surface area contributed by atoms with Crippen molar-refractivity contribution in [3.8, 4) is 0 Å². The number of carbonyl (C=O) groups is 1. The lowest BCUT2D eigenvalue weighted by Gasteiger charge is -2.34. The van der Waals surface area contributed by atoms with Gasteiger partial charge in [-0.2, -0.15) is 0 Å². The Morgan fingerprint density at radius 3 is 2.52 bits per heavy atom. The van der Waals surface area contributed by atoms with Crippen molar-refractivity contribution < 1.29 is 17.9 Å². The molecule has 8 heteroatoms. The van der Waals surface area contributed by atoms with Crippen molar-refractivity contribution in [2.75, 3.05) is 19.8 Å². The van der Waals surface area contributed by atoms with Crippen LogP contribution in [-0.4, -0.2) is 34.1 Å². The molecule has 1 heterocycles. The van der Waals surface area contributed by atoms with Gasteiger partial charge in [0.2, 0.25) is 15.9 Å². The number of nitrogens with one attached hydrogen (secondary N) is 1. The molecule has 21 heavy (non-hydrogen) atoms. The summed E-state index contributed by atoms with van der Waals surface area (Å²) in [6.07, 6.45) is 0.835. The summed E-state index contributed by atoms with van der Waals surface area (Å²) >= 11 is 3.21. The molecule has 116 valence electrons. The van der Waals surface area contributed by atoms with Crippen molar-refractivity contribution in [2.24, 2.45) is 11.1 Å². The molecule has 0 atom stereocenters. The minimum absolute atomic E-state index is 0.0185. The molecule has 1 aliphatic rings. The van der Waals surface area contributed by atoms with Crippen LogP contribution < -0.4 is 10.5 Å². The fourth-order valence-corrected chi connectivity index (χ4v) is 4.37. The predicted octanol–water partition coefficient (Wildman–Crippen LogP) is 1.01. The smallest absolute Gasteiger partial charge is 0.241 e. The van der Waals surface area contributed by atoms with Crippen LogP contribution in [0.15, 0.2) is 33.6 Å². The summed E-state index contributed by atoms with van der Waals surface area (Å²) in [5.41, 5.74) is 4.58. The topological polar surface area (TPSA) is 98.5 Å². The van der Waals surface area contributed by atoms with Crippen LogP contribution in [0.3, 0.4) is 0 Å². The Balaban J connectivity index is 2.17. The molecule has 0 aliphatic carbocycles. The monoisotopic (exact) mass is 376 g/mol. The predicted molar refractivity (Wildman–Crippen MR) is 81.0 cm³/mol. The summed E-state index contributed by atoms with van der Waals surface area (Å²) in [6.45, 7) is 0.786. The van der Waals surface area contributed by atoms with E-state index in [2.05, 4.69) is 20.7 Å². The molecule has 0 unspecified atom stereocenters. The SMILES string of the molecule is NC(=O)C1(CNS(=O)(=O)c2ccccc2Br)CCOCC1. The number of amides is 1. The number of benzene rings is 1. The molecule has 1 amide bonds.